The van der Waals surface area contributed by atoms with Gasteiger partial charge in [-0.05, 0) is 12.8 Å². The Labute approximate surface area is 76.2 Å². The number of amides is 1. The minimum absolute atomic E-state index is 0.947. The van der Waals surface area contributed by atoms with Crippen molar-refractivity contribution in [2.45, 2.75) is 19.3 Å². The second-order valence-corrected chi connectivity index (χ2v) is 4.05. The number of halogens is 1. The van der Waals surface area contributed by atoms with Crippen molar-refractivity contribution in [3.63, 3.8) is 0 Å². The zero-order valence-corrected chi connectivity index (χ0v) is 7.94. The van der Waals surface area contributed by atoms with Crippen molar-refractivity contribution >= 4 is 18.3 Å². The van der Waals surface area contributed by atoms with Crippen LogP contribution < -0.4 is 0 Å². The van der Waals surface area contributed by atoms with Crippen LogP contribution in [0.15, 0.2) is 0 Å². The lowest BCUT2D eigenvalue weighted by Gasteiger charge is -2.27. The van der Waals surface area contributed by atoms with Gasteiger partial charge in [0.25, 0.3) is 0 Å². The predicted molar refractivity (Wildman–Crippen MR) is 47.3 cm³/mol. The van der Waals surface area contributed by atoms with Gasteiger partial charge in [-0.25, -0.2) is 13.4 Å². The molecule has 0 unspecified atom stereocenters. The van der Waals surface area contributed by atoms with E-state index in [-0.39, 0.29) is 0 Å². The lowest BCUT2D eigenvalue weighted by molar-refractivity contribution is 0.208. The lowest BCUT2D eigenvalue weighted by Crippen LogP contribution is -2.28. The molecule has 0 atom stereocenters. The molecule has 0 saturated carbocycles. The molecule has 0 bridgehead atoms. The Balaban J connectivity index is 2.24. The van der Waals surface area contributed by atoms with Crippen molar-refractivity contribution in [3.8, 4) is 0 Å². The molecule has 1 heterocycles. The fourth-order valence-corrected chi connectivity index (χ4v) is 1.98. The molecule has 1 fully saturated rings. The third-order valence-electron chi connectivity index (χ3n) is 1.80. The summed E-state index contributed by atoms with van der Waals surface area (Å²) in [6.07, 6.45) is 2.14. The van der Waals surface area contributed by atoms with E-state index < -0.39 is 6.16 Å². The van der Waals surface area contributed by atoms with Crippen LogP contribution in [-0.2, 0) is 0 Å². The largest absolute Gasteiger partial charge is 0.410 e. The third-order valence-corrected chi connectivity index (χ3v) is 2.79. The van der Waals surface area contributed by atoms with Gasteiger partial charge in [0.2, 0.25) is 0 Å². The Morgan fingerprint density at radius 3 is 2.50 bits per heavy atom. The maximum atomic E-state index is 12.1. The maximum absolute atomic E-state index is 12.1. The fourth-order valence-electron chi connectivity index (χ4n) is 1.15. The van der Waals surface area contributed by atoms with Gasteiger partial charge in [-0.3, -0.25) is 0 Å². The summed E-state index contributed by atoms with van der Waals surface area (Å²) in [5.74, 6) is 0. The van der Waals surface area contributed by atoms with Crippen LogP contribution in [0, 0.1) is 0 Å². The first-order valence-electron chi connectivity index (χ1n) is 4.06. The molecule has 12 heavy (non-hydrogen) atoms. The highest BCUT2D eigenvalue weighted by Crippen LogP contribution is 2.20. The van der Waals surface area contributed by atoms with E-state index in [1.165, 1.54) is 25.6 Å². The van der Waals surface area contributed by atoms with Gasteiger partial charge in [-0.1, -0.05) is 6.42 Å². The molecule has 1 aliphatic heterocycles. The summed E-state index contributed by atoms with van der Waals surface area (Å²) in [5, 5.41) is 0. The molecule has 1 saturated heterocycles. The van der Waals surface area contributed by atoms with Crippen LogP contribution in [0.3, 0.4) is 0 Å². The van der Waals surface area contributed by atoms with Crippen molar-refractivity contribution < 1.29 is 9.18 Å². The predicted octanol–water partition coefficient (Wildman–Crippen LogP) is 2.06. The van der Waals surface area contributed by atoms with Crippen LogP contribution in [0.1, 0.15) is 19.3 Å². The summed E-state index contributed by atoms with van der Waals surface area (Å²) in [5.41, 5.74) is 0. The van der Waals surface area contributed by atoms with E-state index in [9.17, 15) is 9.18 Å². The molecule has 1 aliphatic rings. The topological polar surface area (TPSA) is 23.6 Å². The molecule has 1 amide bonds. The molecule has 70 valence electrons. The van der Waals surface area contributed by atoms with Gasteiger partial charge >= 0.3 is 6.16 Å². The Hall–Kier alpha value is -0.290. The molecular weight excluding hydrogens is 179 g/mol. The smallest absolute Gasteiger partial charge is 0.248 e. The highest BCUT2D eigenvalue weighted by Gasteiger charge is 2.15. The quantitative estimate of drug-likeness (QED) is 0.380. The van der Waals surface area contributed by atoms with Gasteiger partial charge in [0.1, 0.15) is 0 Å². The molecule has 0 spiro atoms. The second kappa shape index (κ2) is 4.67. The molecule has 0 aromatic heterocycles. The van der Waals surface area contributed by atoms with Gasteiger partial charge in [-0.2, -0.15) is 0 Å². The van der Waals surface area contributed by atoms with E-state index in [4.69, 9.17) is 0 Å². The minimum atomic E-state index is -1.38. The van der Waals surface area contributed by atoms with Crippen molar-refractivity contribution in [1.29, 1.82) is 0 Å². The molecule has 3 nitrogen and oxygen atoms in total. The monoisotopic (exact) mass is 192 g/mol. The number of carbonyl (C=O) groups excluding carboxylic acids is 1. The van der Waals surface area contributed by atoms with Crippen molar-refractivity contribution in [2.24, 2.45) is 0 Å². The van der Waals surface area contributed by atoms with Crippen LogP contribution in [0.4, 0.5) is 9.18 Å². The second-order valence-electron chi connectivity index (χ2n) is 2.82. The average molecular weight is 192 g/mol. The summed E-state index contributed by atoms with van der Waals surface area (Å²) < 4.78 is 15.1. The van der Waals surface area contributed by atoms with E-state index >= 15 is 0 Å². The van der Waals surface area contributed by atoms with E-state index in [0.29, 0.717) is 0 Å². The molecular formula is C7H13FN2OS. The number of piperidine rings is 1. The van der Waals surface area contributed by atoms with Crippen molar-refractivity contribution in [2.75, 3.05) is 20.1 Å². The Kier molecular flexibility index (Phi) is 3.81. The molecule has 0 aromatic rings. The summed E-state index contributed by atoms with van der Waals surface area (Å²) in [6, 6.07) is 0. The molecule has 0 aliphatic carbocycles. The van der Waals surface area contributed by atoms with Crippen LogP contribution in [0.25, 0.3) is 0 Å². The van der Waals surface area contributed by atoms with E-state index in [1.54, 1.807) is 0 Å². The summed E-state index contributed by atoms with van der Waals surface area (Å²) in [4.78, 5) is 10.2. The van der Waals surface area contributed by atoms with E-state index in [0.717, 1.165) is 30.2 Å². The third kappa shape index (κ3) is 2.98. The molecule has 0 aromatic carbocycles. The van der Waals surface area contributed by atoms with E-state index in [1.807, 2.05) is 4.31 Å². The normalized spacial score (nSPS) is 19.2. The van der Waals surface area contributed by atoms with Gasteiger partial charge < -0.3 is 0 Å². The summed E-state index contributed by atoms with van der Waals surface area (Å²) in [7, 11) is 1.45. The Bertz CT molecular complexity index is 161. The molecule has 5 heteroatoms. The highest BCUT2D eigenvalue weighted by molar-refractivity contribution is 7.95. The molecule has 1 rings (SSSR count). The standard InChI is InChI=1S/C7H13FN2OS/c1-9(7(8)11)12-10-5-3-2-4-6-10/h2-6H2,1H3. The number of nitrogens with zero attached hydrogens (tertiary/aromatic N) is 2. The summed E-state index contributed by atoms with van der Waals surface area (Å²) in [6.45, 7) is 1.89. The first-order chi connectivity index (χ1) is 5.70. The SMILES string of the molecule is CN(SN1CCCCC1)C(=O)F. The first-order valence-corrected chi connectivity index (χ1v) is 4.79. The minimum Gasteiger partial charge on any atom is -0.248 e. The maximum Gasteiger partial charge on any atom is 0.410 e. The number of hydrogen-bond acceptors (Lipinski definition) is 3. The fraction of sp³-hybridized carbons (Fsp3) is 0.857. The van der Waals surface area contributed by atoms with Crippen LogP contribution in [-0.4, -0.2) is 34.9 Å². The van der Waals surface area contributed by atoms with Gasteiger partial charge in [-0.15, -0.1) is 4.39 Å². The van der Waals surface area contributed by atoms with E-state index in [2.05, 4.69) is 0 Å². The van der Waals surface area contributed by atoms with Gasteiger partial charge in [0.05, 0.1) is 0 Å². The van der Waals surface area contributed by atoms with Crippen molar-refractivity contribution in [3.05, 3.63) is 0 Å². The van der Waals surface area contributed by atoms with Gasteiger partial charge in [0.15, 0.2) is 0 Å². The number of rotatable bonds is 2. The zero-order valence-electron chi connectivity index (χ0n) is 7.12. The van der Waals surface area contributed by atoms with Crippen molar-refractivity contribution in [1.82, 2.24) is 8.61 Å². The molecule has 0 radical (unpaired) electrons. The Morgan fingerprint density at radius 2 is 2.00 bits per heavy atom. The Morgan fingerprint density at radius 1 is 1.42 bits per heavy atom. The van der Waals surface area contributed by atoms with Crippen LogP contribution in [0.5, 0.6) is 0 Å². The highest BCUT2D eigenvalue weighted by atomic mass is 32.2. The van der Waals surface area contributed by atoms with Gasteiger partial charge in [0, 0.05) is 32.3 Å². The number of hydrogen-bond donors (Lipinski definition) is 0. The number of carbonyl (C=O) groups is 1. The van der Waals surface area contributed by atoms with Crippen LogP contribution in [0.2, 0.25) is 0 Å². The summed E-state index contributed by atoms with van der Waals surface area (Å²) >= 11 is 1.17. The zero-order chi connectivity index (χ0) is 8.97. The average Bonchev–Trinajstić information content (AvgIpc) is 2.06. The first kappa shape index (κ1) is 9.80. The molecule has 0 N–H and O–H groups in total. The van der Waals surface area contributed by atoms with Crippen LogP contribution >= 0.6 is 12.1 Å². The lowest BCUT2D eigenvalue weighted by atomic mass is 10.2.